The van der Waals surface area contributed by atoms with Gasteiger partial charge in [0.1, 0.15) is 72.3 Å². The van der Waals surface area contributed by atoms with Gasteiger partial charge < -0.3 is 60.7 Å². The molecule has 1 aromatic rings. The molecular weight excluding hydrogens is 1170 g/mol. The topological polar surface area (TPSA) is 305 Å². The molecule has 25 nitrogen and oxygen atoms in total. The average Bonchev–Trinajstić information content (AvgIpc) is 0.883. The van der Waals surface area contributed by atoms with Crippen molar-refractivity contribution in [2.24, 2.45) is 41.4 Å². The lowest BCUT2D eigenvalue weighted by Gasteiger charge is -2.41. The van der Waals surface area contributed by atoms with Gasteiger partial charge in [-0.25, -0.2) is 9.97 Å². The van der Waals surface area contributed by atoms with Gasteiger partial charge in [-0.05, 0) is 113 Å². The number of likely N-dealkylation sites (N-methyl/N-ethyl adjacent to an activating group) is 7. The molecule has 0 unspecified atom stereocenters. The summed E-state index contributed by atoms with van der Waals surface area (Å²) in [7, 11) is 9.95. The molecule has 0 radical (unpaired) electrons. The Hall–Kier alpha value is -6.79. The van der Waals surface area contributed by atoms with E-state index in [1.165, 1.54) is 94.6 Å². The molecule has 5 N–H and O–H groups in total. The zero-order valence-corrected chi connectivity index (χ0v) is 59.3. The van der Waals surface area contributed by atoms with E-state index in [2.05, 4.69) is 31.2 Å². The Kier molecular flexibility index (Phi) is 32.2. The van der Waals surface area contributed by atoms with Gasteiger partial charge in [0.15, 0.2) is 0 Å². The highest BCUT2D eigenvalue weighted by Crippen LogP contribution is 2.26. The van der Waals surface area contributed by atoms with E-state index in [9.17, 15) is 38.7 Å². The van der Waals surface area contributed by atoms with Gasteiger partial charge >= 0.3 is 0 Å². The van der Waals surface area contributed by atoms with Gasteiger partial charge in [-0.3, -0.25) is 52.7 Å². The summed E-state index contributed by atoms with van der Waals surface area (Å²) in [5, 5.41) is 23.5. The summed E-state index contributed by atoms with van der Waals surface area (Å²) in [5.41, 5.74) is 0. The number of amides is 11. The highest BCUT2D eigenvalue weighted by molar-refractivity contribution is 6.00. The summed E-state index contributed by atoms with van der Waals surface area (Å²) < 4.78 is 0. The molecule has 0 saturated carbocycles. The fourth-order valence-corrected chi connectivity index (χ4v) is 11.6. The second kappa shape index (κ2) is 36.5. The molecule has 0 bridgehead atoms. The second-order valence-corrected chi connectivity index (χ2v) is 27.7. The summed E-state index contributed by atoms with van der Waals surface area (Å²) in [6.07, 6.45) is 3.57. The maximum Gasteiger partial charge on any atom is 0.246 e. The van der Waals surface area contributed by atoms with E-state index in [1.807, 2.05) is 55.4 Å². The molecule has 1 aliphatic rings. The Morgan fingerprint density at radius 1 is 0.440 bits per heavy atom. The zero-order chi connectivity index (χ0) is 70.0. The lowest BCUT2D eigenvalue weighted by Crippen LogP contribution is -2.64. The van der Waals surface area contributed by atoms with E-state index in [4.69, 9.17) is 0 Å². The number of aliphatic hydroxyl groups is 1. The molecule has 25 heteroatoms. The van der Waals surface area contributed by atoms with Gasteiger partial charge in [0, 0.05) is 68.1 Å². The first-order valence-electron chi connectivity index (χ1n) is 32.7. The Balaban J connectivity index is 3.00. The summed E-state index contributed by atoms with van der Waals surface area (Å²) in [5.74, 6) is -9.35. The molecule has 0 aliphatic carbocycles. The minimum atomic E-state index is -1.65. The van der Waals surface area contributed by atoms with Gasteiger partial charge in [0.05, 0.1) is 6.10 Å². The standard InChI is InChI=1S/C66H115N13O12/c1-25-46-62(87)73(18)45(17)61(86)74(19)48(33-37(4)5)58(83)72-52(40(10)11)65(90)75(20)47(32-36(2)3)57(82)69-43(15)56(81)70-44(16)60(85)76(21)49(34-38(6)7)63(88)77(22)50(35-39(8)9)64(89)78(23)53(41(12)13)66(91)79(24)54(59(84)71-46)55(80)42(14)28-26-29-51-67-30-27-31-68-51/h27,30-31,36-50,52-55,80H,25-26,28-29,32-35H2,1-24H3,(H,69,82)(H,70,81)(H,71,84)(H,72,83)/t42-,43+,44-,45-,46+,47+,48+,49-,50+,52+,53+,54-,55-/m1/s1. The van der Waals surface area contributed by atoms with Crippen molar-refractivity contribution in [1.82, 2.24) is 65.5 Å². The number of aromatic nitrogens is 2. The molecule has 11 amide bonds. The fourth-order valence-electron chi connectivity index (χ4n) is 11.6. The van der Waals surface area contributed by atoms with Crippen LogP contribution in [0.4, 0.5) is 0 Å². The van der Waals surface area contributed by atoms with E-state index >= 15 is 19.2 Å². The van der Waals surface area contributed by atoms with Crippen LogP contribution in [0, 0.1) is 41.4 Å². The molecule has 91 heavy (non-hydrogen) atoms. The molecule has 516 valence electrons. The minimum absolute atomic E-state index is 0.000275. The minimum Gasteiger partial charge on any atom is -0.390 e. The van der Waals surface area contributed by atoms with Crippen LogP contribution in [0.5, 0.6) is 0 Å². The number of aryl methyl sites for hydroxylation is 1. The van der Waals surface area contributed by atoms with Crippen molar-refractivity contribution in [3.63, 3.8) is 0 Å². The number of rotatable bonds is 17. The number of carbonyl (C=O) groups excluding carboxylic acids is 11. The average molecular weight is 1280 g/mol. The second-order valence-electron chi connectivity index (χ2n) is 27.7. The third kappa shape index (κ3) is 22.2. The van der Waals surface area contributed by atoms with E-state index in [0.29, 0.717) is 25.1 Å². The van der Waals surface area contributed by atoms with Crippen LogP contribution in [-0.2, 0) is 59.2 Å². The van der Waals surface area contributed by atoms with E-state index in [1.54, 1.807) is 60.0 Å². The van der Waals surface area contributed by atoms with Crippen molar-refractivity contribution in [2.45, 2.75) is 242 Å². The van der Waals surface area contributed by atoms with Crippen molar-refractivity contribution in [3.8, 4) is 0 Å². The number of aliphatic hydroxyl groups excluding tert-OH is 1. The number of hydrogen-bond donors (Lipinski definition) is 5. The Morgan fingerprint density at radius 3 is 1.32 bits per heavy atom. The highest BCUT2D eigenvalue weighted by atomic mass is 16.3. The van der Waals surface area contributed by atoms with E-state index < -0.39 is 155 Å². The number of nitrogens with one attached hydrogen (secondary N) is 4. The maximum atomic E-state index is 15.4. The first-order valence-corrected chi connectivity index (χ1v) is 32.7. The van der Waals surface area contributed by atoms with Crippen molar-refractivity contribution in [2.75, 3.05) is 49.3 Å². The van der Waals surface area contributed by atoms with Crippen LogP contribution < -0.4 is 21.3 Å². The van der Waals surface area contributed by atoms with Gasteiger partial charge in [-0.15, -0.1) is 0 Å². The summed E-state index contributed by atoms with van der Waals surface area (Å²) in [4.78, 5) is 179. The van der Waals surface area contributed by atoms with Crippen molar-refractivity contribution in [1.29, 1.82) is 0 Å². The predicted molar refractivity (Wildman–Crippen MR) is 349 cm³/mol. The smallest absolute Gasteiger partial charge is 0.246 e. The van der Waals surface area contributed by atoms with Crippen molar-refractivity contribution < 1.29 is 57.8 Å². The van der Waals surface area contributed by atoms with Gasteiger partial charge in [0.2, 0.25) is 65.0 Å². The summed E-state index contributed by atoms with van der Waals surface area (Å²) >= 11 is 0. The molecule has 1 saturated heterocycles. The highest BCUT2D eigenvalue weighted by Gasteiger charge is 2.46. The van der Waals surface area contributed by atoms with Gasteiger partial charge in [-0.1, -0.05) is 96.9 Å². The maximum absolute atomic E-state index is 15.4. The van der Waals surface area contributed by atoms with Crippen LogP contribution in [0.15, 0.2) is 18.5 Å². The Morgan fingerprint density at radius 2 is 0.857 bits per heavy atom. The molecule has 0 spiro atoms. The molecule has 0 aromatic carbocycles. The Bertz CT molecular complexity index is 2620. The van der Waals surface area contributed by atoms with Gasteiger partial charge in [0.25, 0.3) is 0 Å². The first-order chi connectivity index (χ1) is 42.2. The van der Waals surface area contributed by atoms with Gasteiger partial charge in [-0.2, -0.15) is 0 Å². The monoisotopic (exact) mass is 1280 g/mol. The number of nitrogens with zero attached hydrogens (tertiary/aromatic N) is 9. The normalized spacial score (nSPS) is 26.6. The molecule has 1 aliphatic heterocycles. The van der Waals surface area contributed by atoms with E-state index in [-0.39, 0.29) is 55.8 Å². The lowest BCUT2D eigenvalue weighted by molar-refractivity contribution is -0.157. The van der Waals surface area contributed by atoms with E-state index in [0.717, 1.165) is 9.80 Å². The van der Waals surface area contributed by atoms with Crippen molar-refractivity contribution in [3.05, 3.63) is 24.3 Å². The Labute approximate surface area is 543 Å². The molecular formula is C66H115N13O12. The predicted octanol–water partition coefficient (Wildman–Crippen LogP) is 3.50. The van der Waals surface area contributed by atoms with Crippen LogP contribution in [0.3, 0.4) is 0 Å². The van der Waals surface area contributed by atoms with Crippen LogP contribution in [0.2, 0.25) is 0 Å². The molecule has 1 fully saturated rings. The third-order valence-electron chi connectivity index (χ3n) is 17.5. The zero-order valence-electron chi connectivity index (χ0n) is 59.3. The largest absolute Gasteiger partial charge is 0.390 e. The molecule has 2 heterocycles. The SMILES string of the molecule is CC[C@@H]1NC(=O)[C@@H]([C@H](O)[C@H](C)CCCc2ncccn2)N(C)C(=O)[C@H](C(C)C)N(C)C(=O)[C@H](CC(C)C)N(C)C(=O)[C@@H](CC(C)C)N(C)C(=O)[C@@H](C)NC(=O)[C@H](C)NC(=O)[C@H](CC(C)C)N(C)C(=O)[C@H](C(C)C)NC(=O)[C@H](CC(C)C)N(C)C(=O)[C@@H](C)N(C)C1=O. The first kappa shape index (κ1) is 80.3. The van der Waals surface area contributed by atoms with Crippen molar-refractivity contribution >= 4 is 65.0 Å². The lowest BCUT2D eigenvalue weighted by atomic mass is 9.90. The number of carbonyl (C=O) groups is 11. The summed E-state index contributed by atoms with van der Waals surface area (Å²) in [6, 6.07) is -12.1. The van der Waals surface area contributed by atoms with Crippen LogP contribution in [0.1, 0.15) is 168 Å². The molecule has 2 rings (SSSR count). The fraction of sp³-hybridized carbons (Fsp3) is 0.773. The molecule has 1 aromatic heterocycles. The van der Waals surface area contributed by atoms with Crippen LogP contribution in [0.25, 0.3) is 0 Å². The molecule has 13 atom stereocenters. The summed E-state index contributed by atoms with van der Waals surface area (Å²) in [6.45, 7) is 29.6. The third-order valence-corrected chi connectivity index (χ3v) is 17.5. The van der Waals surface area contributed by atoms with Crippen LogP contribution in [-0.4, -0.2) is 236 Å². The number of hydrogen-bond acceptors (Lipinski definition) is 14. The quantitative estimate of drug-likeness (QED) is 0.149. The van der Waals surface area contributed by atoms with Crippen LogP contribution >= 0.6 is 0 Å².